The van der Waals surface area contributed by atoms with Crippen LogP contribution in [-0.2, 0) is 4.74 Å². The van der Waals surface area contributed by atoms with Crippen LogP contribution in [0.1, 0.15) is 50.3 Å². The maximum absolute atomic E-state index is 6.31. The van der Waals surface area contributed by atoms with Crippen LogP contribution in [0.5, 0.6) is 5.75 Å². The molecule has 0 saturated heterocycles. The number of nitrogens with two attached hydrogens (primary N) is 1. The molecule has 3 heteroatoms. The van der Waals surface area contributed by atoms with Gasteiger partial charge in [-0.15, -0.1) is 0 Å². The van der Waals surface area contributed by atoms with Gasteiger partial charge in [-0.05, 0) is 44.1 Å². The zero-order valence-electron chi connectivity index (χ0n) is 13.8. The van der Waals surface area contributed by atoms with Crippen molar-refractivity contribution in [2.24, 2.45) is 17.6 Å². The topological polar surface area (TPSA) is 44.5 Å². The molecule has 0 radical (unpaired) electrons. The molecule has 1 aliphatic carbocycles. The summed E-state index contributed by atoms with van der Waals surface area (Å²) in [6, 6.07) is 5.99. The molecule has 3 nitrogen and oxygen atoms in total. The van der Waals surface area contributed by atoms with Crippen LogP contribution in [0.3, 0.4) is 0 Å². The SMILES string of the molecule is COc1ccc(C)cc1C(N)COC1CCC(C)C(C)C1. The molecule has 1 aromatic carbocycles. The van der Waals surface area contributed by atoms with Crippen LogP contribution in [0, 0.1) is 18.8 Å². The lowest BCUT2D eigenvalue weighted by Crippen LogP contribution is -2.29. The second-order valence-electron chi connectivity index (χ2n) is 6.57. The zero-order valence-corrected chi connectivity index (χ0v) is 13.8. The van der Waals surface area contributed by atoms with E-state index < -0.39 is 0 Å². The molecule has 4 atom stereocenters. The van der Waals surface area contributed by atoms with Gasteiger partial charge < -0.3 is 15.2 Å². The van der Waals surface area contributed by atoms with E-state index in [2.05, 4.69) is 26.8 Å². The van der Waals surface area contributed by atoms with Gasteiger partial charge in [-0.1, -0.05) is 31.5 Å². The summed E-state index contributed by atoms with van der Waals surface area (Å²) >= 11 is 0. The Morgan fingerprint density at radius 3 is 2.67 bits per heavy atom. The smallest absolute Gasteiger partial charge is 0.123 e. The molecule has 2 rings (SSSR count). The first-order valence-electron chi connectivity index (χ1n) is 8.03. The van der Waals surface area contributed by atoms with Gasteiger partial charge in [0.25, 0.3) is 0 Å². The first-order valence-corrected chi connectivity index (χ1v) is 8.03. The molecule has 118 valence electrons. The van der Waals surface area contributed by atoms with Crippen molar-refractivity contribution in [3.8, 4) is 5.75 Å². The molecule has 0 amide bonds. The van der Waals surface area contributed by atoms with Gasteiger partial charge in [0.1, 0.15) is 5.75 Å². The molecule has 0 spiro atoms. The van der Waals surface area contributed by atoms with Gasteiger partial charge in [0.2, 0.25) is 0 Å². The summed E-state index contributed by atoms with van der Waals surface area (Å²) in [5.41, 5.74) is 8.55. The largest absolute Gasteiger partial charge is 0.496 e. The minimum absolute atomic E-state index is 0.130. The fourth-order valence-corrected chi connectivity index (χ4v) is 3.12. The van der Waals surface area contributed by atoms with E-state index in [-0.39, 0.29) is 6.04 Å². The lowest BCUT2D eigenvalue weighted by atomic mass is 9.80. The Morgan fingerprint density at radius 2 is 2.00 bits per heavy atom. The minimum atomic E-state index is -0.130. The molecule has 0 aromatic heterocycles. The van der Waals surface area contributed by atoms with E-state index >= 15 is 0 Å². The van der Waals surface area contributed by atoms with Crippen molar-refractivity contribution in [2.45, 2.75) is 52.2 Å². The van der Waals surface area contributed by atoms with Crippen molar-refractivity contribution in [3.63, 3.8) is 0 Å². The van der Waals surface area contributed by atoms with Gasteiger partial charge in [-0.2, -0.15) is 0 Å². The summed E-state index contributed by atoms with van der Waals surface area (Å²) in [5, 5.41) is 0. The van der Waals surface area contributed by atoms with Gasteiger partial charge in [0.05, 0.1) is 25.9 Å². The fraction of sp³-hybridized carbons (Fsp3) is 0.667. The molecule has 21 heavy (non-hydrogen) atoms. The van der Waals surface area contributed by atoms with Crippen LogP contribution >= 0.6 is 0 Å². The molecule has 4 unspecified atom stereocenters. The Kier molecular flexibility index (Phi) is 5.65. The van der Waals surface area contributed by atoms with Gasteiger partial charge in [0.15, 0.2) is 0 Å². The van der Waals surface area contributed by atoms with E-state index in [1.54, 1.807) is 7.11 Å². The number of ether oxygens (including phenoxy) is 2. The highest BCUT2D eigenvalue weighted by Crippen LogP contribution is 2.32. The number of aryl methyl sites for hydroxylation is 1. The Morgan fingerprint density at radius 1 is 1.24 bits per heavy atom. The van der Waals surface area contributed by atoms with Crippen LogP contribution in [0.4, 0.5) is 0 Å². The van der Waals surface area contributed by atoms with Crippen molar-refractivity contribution in [1.82, 2.24) is 0 Å². The molecule has 1 aliphatic rings. The van der Waals surface area contributed by atoms with Gasteiger partial charge in [-0.25, -0.2) is 0 Å². The van der Waals surface area contributed by atoms with Gasteiger partial charge >= 0.3 is 0 Å². The maximum atomic E-state index is 6.31. The Labute approximate surface area is 128 Å². The minimum Gasteiger partial charge on any atom is -0.496 e. The number of methoxy groups -OCH3 is 1. The van der Waals surface area contributed by atoms with Crippen molar-refractivity contribution in [3.05, 3.63) is 29.3 Å². The summed E-state index contributed by atoms with van der Waals surface area (Å²) in [5.74, 6) is 2.41. The van der Waals surface area contributed by atoms with E-state index in [4.69, 9.17) is 15.2 Å². The molecular formula is C18H29NO2. The summed E-state index contributed by atoms with van der Waals surface area (Å²) in [6.45, 7) is 7.29. The lowest BCUT2D eigenvalue weighted by molar-refractivity contribution is -0.00382. The van der Waals surface area contributed by atoms with Crippen molar-refractivity contribution in [1.29, 1.82) is 0 Å². The van der Waals surface area contributed by atoms with Crippen molar-refractivity contribution in [2.75, 3.05) is 13.7 Å². The highest BCUT2D eigenvalue weighted by Gasteiger charge is 2.25. The van der Waals surface area contributed by atoms with Gasteiger partial charge in [0, 0.05) is 5.56 Å². The van der Waals surface area contributed by atoms with Crippen molar-refractivity contribution < 1.29 is 9.47 Å². The fourth-order valence-electron chi connectivity index (χ4n) is 3.12. The normalized spacial score (nSPS) is 27.4. The maximum Gasteiger partial charge on any atom is 0.123 e. The van der Waals surface area contributed by atoms with Crippen LogP contribution in [0.25, 0.3) is 0 Å². The predicted molar refractivity (Wildman–Crippen MR) is 86.6 cm³/mol. The standard InChI is InChI=1S/C18H29NO2/c1-12-5-8-18(20-4)16(9-12)17(19)11-21-15-7-6-13(2)14(3)10-15/h5,8-9,13-15,17H,6-7,10-11,19H2,1-4H3. The summed E-state index contributed by atoms with van der Waals surface area (Å²) < 4.78 is 11.5. The third-order valence-corrected chi connectivity index (χ3v) is 4.85. The summed E-state index contributed by atoms with van der Waals surface area (Å²) in [4.78, 5) is 0. The molecule has 2 N–H and O–H groups in total. The van der Waals surface area contributed by atoms with E-state index in [1.807, 2.05) is 12.1 Å². The quantitative estimate of drug-likeness (QED) is 0.896. The second-order valence-corrected chi connectivity index (χ2v) is 6.57. The molecule has 1 saturated carbocycles. The summed E-state index contributed by atoms with van der Waals surface area (Å²) in [6.07, 6.45) is 3.93. The number of hydrogen-bond donors (Lipinski definition) is 1. The number of benzene rings is 1. The highest BCUT2D eigenvalue weighted by molar-refractivity contribution is 5.39. The van der Waals surface area contributed by atoms with Crippen molar-refractivity contribution >= 4 is 0 Å². The summed E-state index contributed by atoms with van der Waals surface area (Å²) in [7, 11) is 1.69. The van der Waals surface area contributed by atoms with Crippen LogP contribution in [-0.4, -0.2) is 19.8 Å². The molecule has 0 heterocycles. The second kappa shape index (κ2) is 7.28. The zero-order chi connectivity index (χ0) is 15.4. The predicted octanol–water partition coefficient (Wildman–Crippen LogP) is 3.84. The average molecular weight is 291 g/mol. The first kappa shape index (κ1) is 16.3. The molecule has 0 bridgehead atoms. The Bertz CT molecular complexity index is 461. The van der Waals surface area contributed by atoms with E-state index in [0.29, 0.717) is 12.7 Å². The highest BCUT2D eigenvalue weighted by atomic mass is 16.5. The Hall–Kier alpha value is -1.06. The average Bonchev–Trinajstić information content (AvgIpc) is 2.48. The first-order chi connectivity index (χ1) is 10.0. The Balaban J connectivity index is 1.93. The van der Waals surface area contributed by atoms with Crippen LogP contribution < -0.4 is 10.5 Å². The molecular weight excluding hydrogens is 262 g/mol. The third-order valence-electron chi connectivity index (χ3n) is 4.85. The number of rotatable bonds is 5. The van der Waals surface area contributed by atoms with Gasteiger partial charge in [-0.3, -0.25) is 0 Å². The van der Waals surface area contributed by atoms with Crippen LogP contribution in [0.15, 0.2) is 18.2 Å². The molecule has 1 fully saturated rings. The lowest BCUT2D eigenvalue weighted by Gasteiger charge is -2.32. The molecule has 0 aliphatic heterocycles. The monoisotopic (exact) mass is 291 g/mol. The molecule has 1 aromatic rings. The van der Waals surface area contributed by atoms with E-state index in [1.165, 1.54) is 12.0 Å². The van der Waals surface area contributed by atoms with Crippen LogP contribution in [0.2, 0.25) is 0 Å². The number of hydrogen-bond acceptors (Lipinski definition) is 3. The third kappa shape index (κ3) is 4.21. The van der Waals surface area contributed by atoms with E-state index in [0.717, 1.165) is 36.0 Å². The van der Waals surface area contributed by atoms with E-state index in [9.17, 15) is 0 Å².